The molecule has 0 amide bonds. The molecule has 1 aromatic rings. The highest BCUT2D eigenvalue weighted by Crippen LogP contribution is 2.53. The summed E-state index contributed by atoms with van der Waals surface area (Å²) in [5.41, 5.74) is 6.84. The molecule has 4 nitrogen and oxygen atoms in total. The van der Waals surface area contributed by atoms with Gasteiger partial charge in [0.25, 0.3) is 5.95 Å². The summed E-state index contributed by atoms with van der Waals surface area (Å²) < 4.78 is 21.2. The number of rotatable bonds is 0. The lowest BCUT2D eigenvalue weighted by Gasteiger charge is -2.44. The third-order valence-corrected chi connectivity index (χ3v) is 5.81. The number of hydrogen-bond donors (Lipinski definition) is 1. The molecule has 23 heavy (non-hydrogen) atoms. The smallest absolute Gasteiger partial charge is 0.257 e. The van der Waals surface area contributed by atoms with Gasteiger partial charge >= 0.3 is 0 Å². The average molecular weight is 417 g/mol. The molecule has 0 aromatic carbocycles. The summed E-state index contributed by atoms with van der Waals surface area (Å²) in [7, 11) is 0. The van der Waals surface area contributed by atoms with Gasteiger partial charge in [0.1, 0.15) is 16.8 Å². The van der Waals surface area contributed by atoms with Crippen molar-refractivity contribution in [3.63, 3.8) is 0 Å². The number of amidine groups is 1. The largest absolute Gasteiger partial charge is 0.480 e. The first-order valence-corrected chi connectivity index (χ1v) is 9.24. The number of allylic oxidation sites excluding steroid dienone is 2. The molecule has 1 aliphatic carbocycles. The van der Waals surface area contributed by atoms with E-state index in [1.54, 1.807) is 6.07 Å². The first-order chi connectivity index (χ1) is 11.0. The number of nitrogens with zero attached hydrogens (tertiary/aromatic N) is 2. The number of thioether (sulfide) groups is 1. The minimum atomic E-state index is -0.742. The molecule has 1 spiro atoms. The van der Waals surface area contributed by atoms with E-state index >= 15 is 0 Å². The fraction of sp³-hybridized carbons (Fsp3) is 0.333. The number of fused-ring (bicyclic) bond motifs is 4. The highest BCUT2D eigenvalue weighted by Gasteiger charge is 2.49. The third-order valence-electron chi connectivity index (χ3n) is 4.27. The van der Waals surface area contributed by atoms with E-state index in [-0.39, 0.29) is 17.0 Å². The van der Waals surface area contributed by atoms with Crippen molar-refractivity contribution in [3.8, 4) is 5.75 Å². The Morgan fingerprint density at radius 1 is 1.52 bits per heavy atom. The molecule has 0 saturated heterocycles. The molecule has 0 saturated carbocycles. The second kappa shape index (κ2) is 5.50. The van der Waals surface area contributed by atoms with E-state index in [9.17, 15) is 4.39 Å². The Hall–Kier alpha value is -1.05. The van der Waals surface area contributed by atoms with Gasteiger partial charge in [0.05, 0.1) is 0 Å². The van der Waals surface area contributed by atoms with Crippen molar-refractivity contribution in [3.05, 3.63) is 44.9 Å². The highest BCUT2D eigenvalue weighted by atomic mass is 79.9. The van der Waals surface area contributed by atoms with E-state index in [0.717, 1.165) is 15.8 Å². The summed E-state index contributed by atoms with van der Waals surface area (Å²) in [6.45, 7) is 0. The van der Waals surface area contributed by atoms with Gasteiger partial charge in [-0.15, -0.1) is 0 Å². The van der Waals surface area contributed by atoms with Gasteiger partial charge in [0, 0.05) is 27.8 Å². The van der Waals surface area contributed by atoms with Crippen LogP contribution in [0.5, 0.6) is 5.75 Å². The summed E-state index contributed by atoms with van der Waals surface area (Å²) >= 11 is 11.0. The summed E-state index contributed by atoms with van der Waals surface area (Å²) in [5, 5.41) is 0.573. The van der Waals surface area contributed by atoms with Crippen LogP contribution in [-0.2, 0) is 5.54 Å². The number of halogens is 3. The van der Waals surface area contributed by atoms with Crippen molar-refractivity contribution >= 4 is 44.5 Å². The summed E-state index contributed by atoms with van der Waals surface area (Å²) in [5.74, 6) is 0.222. The van der Waals surface area contributed by atoms with Crippen LogP contribution in [-0.4, -0.2) is 22.0 Å². The molecule has 2 atom stereocenters. The predicted molar refractivity (Wildman–Crippen MR) is 93.7 cm³/mol. The van der Waals surface area contributed by atoms with Gasteiger partial charge in [-0.05, 0) is 18.6 Å². The number of aromatic nitrogens is 1. The minimum Gasteiger partial charge on any atom is -0.480 e. The van der Waals surface area contributed by atoms with Crippen molar-refractivity contribution < 1.29 is 9.13 Å². The first kappa shape index (κ1) is 15.5. The van der Waals surface area contributed by atoms with Gasteiger partial charge in [-0.3, -0.25) is 0 Å². The molecule has 0 radical (unpaired) electrons. The lowest BCUT2D eigenvalue weighted by atomic mass is 9.74. The van der Waals surface area contributed by atoms with Crippen LogP contribution < -0.4 is 10.5 Å². The van der Waals surface area contributed by atoms with Crippen molar-refractivity contribution in [2.75, 3.05) is 5.75 Å². The molecule has 2 N–H and O–H groups in total. The Kier molecular flexibility index (Phi) is 3.70. The zero-order chi connectivity index (χ0) is 16.2. The Bertz CT molecular complexity index is 797. The van der Waals surface area contributed by atoms with Crippen LogP contribution in [0.2, 0.25) is 5.15 Å². The van der Waals surface area contributed by atoms with Crippen molar-refractivity contribution in [1.29, 1.82) is 0 Å². The summed E-state index contributed by atoms with van der Waals surface area (Å²) in [6.07, 6.45) is 5.06. The normalized spacial score (nSPS) is 29.0. The van der Waals surface area contributed by atoms with Crippen molar-refractivity contribution in [2.45, 2.75) is 24.5 Å². The monoisotopic (exact) mass is 415 g/mol. The third kappa shape index (κ3) is 2.40. The van der Waals surface area contributed by atoms with Crippen LogP contribution >= 0.6 is 39.3 Å². The molecule has 0 bridgehead atoms. The number of ether oxygens (including phenoxy) is 1. The molecule has 2 aliphatic heterocycles. The van der Waals surface area contributed by atoms with E-state index in [1.807, 2.05) is 12.2 Å². The van der Waals surface area contributed by atoms with Crippen molar-refractivity contribution in [1.82, 2.24) is 4.98 Å². The van der Waals surface area contributed by atoms with Gasteiger partial charge in [-0.2, -0.15) is 4.39 Å². The zero-order valence-corrected chi connectivity index (χ0v) is 15.0. The Morgan fingerprint density at radius 2 is 2.35 bits per heavy atom. The summed E-state index contributed by atoms with van der Waals surface area (Å²) in [4.78, 5) is 8.40. The van der Waals surface area contributed by atoms with Crippen LogP contribution in [0.25, 0.3) is 0 Å². The molecule has 2 unspecified atom stereocenters. The quantitative estimate of drug-likeness (QED) is 0.652. The van der Waals surface area contributed by atoms with E-state index in [4.69, 9.17) is 27.1 Å². The SMILES string of the molecule is NC1=NC2(CCS1)C1=CC(Br)=CCC1Oc1c2cc(Cl)nc1F. The zero-order valence-electron chi connectivity index (χ0n) is 11.9. The number of hydrogen-bond acceptors (Lipinski definition) is 5. The van der Waals surface area contributed by atoms with Crippen LogP contribution in [0.4, 0.5) is 4.39 Å². The Balaban J connectivity index is 2.03. The standard InChI is InChI=1S/C15H12BrClFN3OS/c16-7-1-2-10-8(5-7)15(3-4-23-14(19)21-15)9-6-11(17)20-13(18)12(9)22-10/h1,5-6,10H,2-4H2,(H2,19,21). The van der Waals surface area contributed by atoms with Gasteiger partial charge < -0.3 is 10.5 Å². The van der Waals surface area contributed by atoms with E-state index in [1.165, 1.54) is 11.8 Å². The molecule has 0 fully saturated rings. The molecular formula is C15H12BrClFN3OS. The molecule has 8 heteroatoms. The van der Waals surface area contributed by atoms with Crippen LogP contribution in [0.3, 0.4) is 0 Å². The predicted octanol–water partition coefficient (Wildman–Crippen LogP) is 3.89. The van der Waals surface area contributed by atoms with E-state index < -0.39 is 11.5 Å². The topological polar surface area (TPSA) is 60.5 Å². The molecule has 4 rings (SSSR count). The maximum absolute atomic E-state index is 14.4. The minimum absolute atomic E-state index is 0.0840. The van der Waals surface area contributed by atoms with E-state index in [0.29, 0.717) is 23.6 Å². The van der Waals surface area contributed by atoms with Crippen molar-refractivity contribution in [2.24, 2.45) is 10.7 Å². The maximum atomic E-state index is 14.4. The van der Waals surface area contributed by atoms with Crippen LogP contribution in [0.15, 0.2) is 33.3 Å². The number of nitrogens with two attached hydrogens (primary N) is 1. The molecule has 1 aromatic heterocycles. The number of pyridine rings is 1. The van der Waals surface area contributed by atoms with Crippen LogP contribution in [0.1, 0.15) is 18.4 Å². The van der Waals surface area contributed by atoms with Gasteiger partial charge in [-0.1, -0.05) is 45.4 Å². The fourth-order valence-electron chi connectivity index (χ4n) is 3.32. The lowest BCUT2D eigenvalue weighted by Crippen LogP contribution is -2.44. The average Bonchev–Trinajstić information content (AvgIpc) is 2.50. The maximum Gasteiger partial charge on any atom is 0.257 e. The fourth-order valence-corrected chi connectivity index (χ4v) is 4.76. The molecule has 120 valence electrons. The molecular weight excluding hydrogens is 405 g/mol. The Morgan fingerprint density at radius 3 is 3.13 bits per heavy atom. The second-order valence-corrected chi connectivity index (χ2v) is 7.97. The summed E-state index contributed by atoms with van der Waals surface area (Å²) in [6, 6.07) is 1.63. The Labute approximate surface area is 150 Å². The first-order valence-electron chi connectivity index (χ1n) is 7.08. The molecule has 3 heterocycles. The van der Waals surface area contributed by atoms with E-state index in [2.05, 4.69) is 20.9 Å². The number of aliphatic imine (C=N–C) groups is 1. The van der Waals surface area contributed by atoms with Gasteiger partial charge in [0.2, 0.25) is 0 Å². The van der Waals surface area contributed by atoms with Gasteiger partial charge in [-0.25, -0.2) is 9.98 Å². The second-order valence-electron chi connectivity index (χ2n) is 5.55. The molecule has 3 aliphatic rings. The highest BCUT2D eigenvalue weighted by molar-refractivity contribution is 9.11. The van der Waals surface area contributed by atoms with Gasteiger partial charge in [0.15, 0.2) is 10.9 Å². The lowest BCUT2D eigenvalue weighted by molar-refractivity contribution is 0.175. The van der Waals surface area contributed by atoms with Crippen LogP contribution in [0, 0.1) is 5.95 Å².